The van der Waals surface area contributed by atoms with Crippen molar-refractivity contribution in [1.29, 1.82) is 0 Å². The number of halogens is 1. The largest absolute Gasteiger partial charge is 0.493 e. The maximum atomic E-state index is 6.10. The van der Waals surface area contributed by atoms with Crippen molar-refractivity contribution >= 4 is 11.6 Å². The van der Waals surface area contributed by atoms with E-state index in [4.69, 9.17) is 26.8 Å². The van der Waals surface area contributed by atoms with Crippen LogP contribution >= 0.6 is 11.6 Å². The second-order valence-corrected chi connectivity index (χ2v) is 4.50. The Labute approximate surface area is 117 Å². The number of hydrogen-bond donors (Lipinski definition) is 1. The van der Waals surface area contributed by atoms with Crippen molar-refractivity contribution in [2.45, 2.75) is 6.04 Å². The zero-order valence-corrected chi connectivity index (χ0v) is 11.4. The smallest absolute Gasteiger partial charge is 0.161 e. The predicted octanol–water partition coefficient (Wildman–Crippen LogP) is 3.43. The van der Waals surface area contributed by atoms with E-state index in [9.17, 15) is 0 Å². The summed E-state index contributed by atoms with van der Waals surface area (Å²) in [6, 6.07) is 14.7. The van der Waals surface area contributed by atoms with Gasteiger partial charge in [0.05, 0.1) is 13.2 Å². The highest BCUT2D eigenvalue weighted by molar-refractivity contribution is 6.31. The quantitative estimate of drug-likeness (QED) is 0.911. The minimum Gasteiger partial charge on any atom is -0.493 e. The molecule has 0 bridgehead atoms. The van der Waals surface area contributed by atoms with E-state index in [1.54, 1.807) is 7.11 Å². The molecule has 0 heterocycles. The molecule has 2 rings (SSSR count). The maximum absolute atomic E-state index is 6.10. The molecular weight excluding hydrogens is 262 g/mol. The zero-order chi connectivity index (χ0) is 13.7. The molecule has 1 unspecified atom stereocenters. The van der Waals surface area contributed by atoms with Crippen LogP contribution in [0, 0.1) is 0 Å². The first-order chi connectivity index (χ1) is 9.22. The molecule has 2 N–H and O–H groups in total. The van der Waals surface area contributed by atoms with E-state index in [-0.39, 0.29) is 6.04 Å². The van der Waals surface area contributed by atoms with Gasteiger partial charge in [0.15, 0.2) is 11.5 Å². The fourth-order valence-corrected chi connectivity index (χ4v) is 2.06. The molecule has 0 saturated carbocycles. The summed E-state index contributed by atoms with van der Waals surface area (Å²) in [5, 5.41) is 0.652. The van der Waals surface area contributed by atoms with Crippen molar-refractivity contribution in [1.82, 2.24) is 0 Å². The Bertz CT molecular complexity index is 545. The molecule has 0 fully saturated rings. The first-order valence-electron chi connectivity index (χ1n) is 5.98. The fraction of sp³-hybridized carbons (Fsp3) is 0.200. The Morgan fingerprint density at radius 3 is 2.37 bits per heavy atom. The SMILES string of the molecule is COc1ccccc1OCC(N)c1ccccc1Cl. The van der Waals surface area contributed by atoms with E-state index >= 15 is 0 Å². The van der Waals surface area contributed by atoms with Crippen LogP contribution in [-0.2, 0) is 0 Å². The lowest BCUT2D eigenvalue weighted by atomic mass is 10.1. The molecule has 100 valence electrons. The minimum absolute atomic E-state index is 0.279. The molecule has 0 aromatic heterocycles. The van der Waals surface area contributed by atoms with Gasteiger partial charge in [0.1, 0.15) is 6.61 Å². The molecule has 0 amide bonds. The minimum atomic E-state index is -0.279. The number of para-hydroxylation sites is 2. The van der Waals surface area contributed by atoms with E-state index in [1.807, 2.05) is 48.5 Å². The summed E-state index contributed by atoms with van der Waals surface area (Å²) < 4.78 is 10.9. The van der Waals surface area contributed by atoms with Crippen molar-refractivity contribution in [2.75, 3.05) is 13.7 Å². The van der Waals surface area contributed by atoms with Crippen LogP contribution < -0.4 is 15.2 Å². The third kappa shape index (κ3) is 3.40. The highest BCUT2D eigenvalue weighted by Gasteiger charge is 2.11. The molecule has 1 atom stereocenters. The number of benzene rings is 2. The van der Waals surface area contributed by atoms with Gasteiger partial charge in [-0.15, -0.1) is 0 Å². The lowest BCUT2D eigenvalue weighted by molar-refractivity contribution is 0.273. The van der Waals surface area contributed by atoms with Gasteiger partial charge in [-0.05, 0) is 23.8 Å². The Hall–Kier alpha value is -1.71. The van der Waals surface area contributed by atoms with Gasteiger partial charge in [-0.2, -0.15) is 0 Å². The summed E-state index contributed by atoms with van der Waals surface area (Å²) in [5.74, 6) is 1.36. The molecule has 19 heavy (non-hydrogen) atoms. The third-order valence-electron chi connectivity index (χ3n) is 2.79. The molecular formula is C15H16ClNO2. The first kappa shape index (κ1) is 13.7. The van der Waals surface area contributed by atoms with Crippen molar-refractivity contribution in [3.8, 4) is 11.5 Å². The summed E-state index contributed by atoms with van der Waals surface area (Å²) >= 11 is 6.10. The molecule has 2 aromatic rings. The van der Waals surface area contributed by atoms with Crippen LogP contribution in [0.4, 0.5) is 0 Å². The standard InChI is InChI=1S/C15H16ClNO2/c1-18-14-8-4-5-9-15(14)19-10-13(17)11-6-2-3-7-12(11)16/h2-9,13H,10,17H2,1H3. The van der Waals surface area contributed by atoms with Crippen LogP contribution in [0.2, 0.25) is 5.02 Å². The van der Waals surface area contributed by atoms with Gasteiger partial charge in [0.2, 0.25) is 0 Å². The predicted molar refractivity (Wildman–Crippen MR) is 76.9 cm³/mol. The van der Waals surface area contributed by atoms with Gasteiger partial charge in [0, 0.05) is 5.02 Å². The van der Waals surface area contributed by atoms with E-state index < -0.39 is 0 Å². The van der Waals surface area contributed by atoms with Gasteiger partial charge in [0.25, 0.3) is 0 Å². The second kappa shape index (κ2) is 6.45. The van der Waals surface area contributed by atoms with E-state index in [1.165, 1.54) is 0 Å². The lowest BCUT2D eigenvalue weighted by Gasteiger charge is -2.16. The molecule has 0 aliphatic heterocycles. The number of ether oxygens (including phenoxy) is 2. The molecule has 0 spiro atoms. The molecule has 3 nitrogen and oxygen atoms in total. The molecule has 0 aliphatic carbocycles. The summed E-state index contributed by atoms with van der Waals surface area (Å²) in [7, 11) is 1.61. The first-order valence-corrected chi connectivity index (χ1v) is 6.36. The number of nitrogens with two attached hydrogens (primary N) is 1. The second-order valence-electron chi connectivity index (χ2n) is 4.09. The average molecular weight is 278 g/mol. The van der Waals surface area contributed by atoms with Crippen molar-refractivity contribution in [3.63, 3.8) is 0 Å². The van der Waals surface area contributed by atoms with E-state index in [0.29, 0.717) is 23.1 Å². The molecule has 0 saturated heterocycles. The van der Waals surface area contributed by atoms with Gasteiger partial charge in [-0.25, -0.2) is 0 Å². The number of rotatable bonds is 5. The third-order valence-corrected chi connectivity index (χ3v) is 3.14. The van der Waals surface area contributed by atoms with Gasteiger partial charge in [-0.3, -0.25) is 0 Å². The van der Waals surface area contributed by atoms with E-state index in [2.05, 4.69) is 0 Å². The van der Waals surface area contributed by atoms with Crippen molar-refractivity contribution < 1.29 is 9.47 Å². The highest BCUT2D eigenvalue weighted by atomic mass is 35.5. The normalized spacial score (nSPS) is 11.9. The molecule has 0 aliphatic rings. The Morgan fingerprint density at radius 1 is 1.05 bits per heavy atom. The fourth-order valence-electron chi connectivity index (χ4n) is 1.78. The summed E-state index contributed by atoms with van der Waals surface area (Å²) in [5.41, 5.74) is 6.96. The van der Waals surface area contributed by atoms with Crippen LogP contribution in [0.15, 0.2) is 48.5 Å². The average Bonchev–Trinajstić information content (AvgIpc) is 2.45. The van der Waals surface area contributed by atoms with Crippen LogP contribution in [0.5, 0.6) is 11.5 Å². The number of methoxy groups -OCH3 is 1. The topological polar surface area (TPSA) is 44.5 Å². The van der Waals surface area contributed by atoms with Crippen molar-refractivity contribution in [2.24, 2.45) is 5.73 Å². The summed E-state index contributed by atoms with van der Waals surface area (Å²) in [6.45, 7) is 0.337. The van der Waals surface area contributed by atoms with Gasteiger partial charge >= 0.3 is 0 Å². The maximum Gasteiger partial charge on any atom is 0.161 e. The molecule has 2 aromatic carbocycles. The molecule has 4 heteroatoms. The Morgan fingerprint density at radius 2 is 1.68 bits per heavy atom. The zero-order valence-electron chi connectivity index (χ0n) is 10.7. The molecule has 0 radical (unpaired) electrons. The monoisotopic (exact) mass is 277 g/mol. The van der Waals surface area contributed by atoms with E-state index in [0.717, 1.165) is 5.56 Å². The van der Waals surface area contributed by atoms with Crippen LogP contribution in [0.25, 0.3) is 0 Å². The van der Waals surface area contributed by atoms with Crippen LogP contribution in [0.3, 0.4) is 0 Å². The van der Waals surface area contributed by atoms with Crippen LogP contribution in [0.1, 0.15) is 11.6 Å². The summed E-state index contributed by atoms with van der Waals surface area (Å²) in [4.78, 5) is 0. The van der Waals surface area contributed by atoms with Gasteiger partial charge < -0.3 is 15.2 Å². The summed E-state index contributed by atoms with van der Waals surface area (Å²) in [6.07, 6.45) is 0. The number of hydrogen-bond acceptors (Lipinski definition) is 3. The van der Waals surface area contributed by atoms with Crippen LogP contribution in [-0.4, -0.2) is 13.7 Å². The Balaban J connectivity index is 2.04. The van der Waals surface area contributed by atoms with Crippen molar-refractivity contribution in [3.05, 3.63) is 59.1 Å². The highest BCUT2D eigenvalue weighted by Crippen LogP contribution is 2.27. The lowest BCUT2D eigenvalue weighted by Crippen LogP contribution is -2.19. The Kier molecular flexibility index (Phi) is 4.66. The van der Waals surface area contributed by atoms with Gasteiger partial charge in [-0.1, -0.05) is 41.9 Å².